The quantitative estimate of drug-likeness (QED) is 0.434. The monoisotopic (exact) mass is 257 g/mol. The predicted octanol–water partition coefficient (Wildman–Crippen LogP) is -0.203. The fourth-order valence-electron chi connectivity index (χ4n) is 1.16. The van der Waals surface area contributed by atoms with Gasteiger partial charge in [0.1, 0.15) is 0 Å². The molecule has 0 radical (unpaired) electrons. The number of hydrazine groups is 1. The topological polar surface area (TPSA) is 90.5 Å². The van der Waals surface area contributed by atoms with Crippen LogP contribution in [-0.4, -0.2) is 30.1 Å². The van der Waals surface area contributed by atoms with Crippen LogP contribution in [-0.2, 0) is 0 Å². The average Bonchev–Trinajstić information content (AvgIpc) is 2.36. The van der Waals surface area contributed by atoms with Crippen LogP contribution in [0.4, 0.5) is 0 Å². The van der Waals surface area contributed by atoms with Gasteiger partial charge in [0.25, 0.3) is 11.8 Å². The van der Waals surface area contributed by atoms with Gasteiger partial charge in [0.2, 0.25) is 0 Å². The molecule has 0 saturated heterocycles. The number of aliphatic hydroxyl groups is 1. The van der Waals surface area contributed by atoms with Crippen molar-refractivity contribution in [2.75, 3.05) is 13.2 Å². The normalized spacial score (nSPS) is 9.76. The maximum Gasteiger partial charge on any atom is 0.266 e. The summed E-state index contributed by atoms with van der Waals surface area (Å²) in [5.41, 5.74) is 2.97. The first-order chi connectivity index (χ1) is 8.19. The molecule has 1 aromatic carbocycles. The molecule has 6 nitrogen and oxygen atoms in total. The highest BCUT2D eigenvalue weighted by atomic mass is 35.5. The Labute approximate surface area is 103 Å². The molecule has 0 bridgehead atoms. The third-order valence-corrected chi connectivity index (χ3v) is 2.06. The molecule has 0 unspecified atom stereocenters. The van der Waals surface area contributed by atoms with Gasteiger partial charge < -0.3 is 10.4 Å². The highest BCUT2D eigenvalue weighted by molar-refractivity contribution is 6.14. The zero-order chi connectivity index (χ0) is 12.7. The Bertz CT molecular complexity index is 394. The molecule has 0 heterocycles. The number of hydrogen-bond acceptors (Lipinski definition) is 4. The lowest BCUT2D eigenvalue weighted by atomic mass is 10.1. The molecule has 0 aliphatic carbocycles. The van der Waals surface area contributed by atoms with E-state index >= 15 is 0 Å². The lowest BCUT2D eigenvalue weighted by Gasteiger charge is -2.04. The molecular weight excluding hydrogens is 246 g/mol. The third-order valence-electron chi connectivity index (χ3n) is 1.97. The minimum absolute atomic E-state index is 0.117. The highest BCUT2D eigenvalue weighted by Crippen LogP contribution is 2.04. The minimum atomic E-state index is -0.401. The predicted molar refractivity (Wildman–Crippen MR) is 62.3 cm³/mol. The zero-order valence-electron chi connectivity index (χ0n) is 8.87. The molecule has 7 heteroatoms. The molecule has 0 fully saturated rings. The molecule has 1 rings (SSSR count). The van der Waals surface area contributed by atoms with Gasteiger partial charge in [-0.1, -0.05) is 0 Å². The molecule has 17 heavy (non-hydrogen) atoms. The third kappa shape index (κ3) is 4.03. The van der Waals surface area contributed by atoms with Gasteiger partial charge >= 0.3 is 0 Å². The van der Waals surface area contributed by atoms with E-state index < -0.39 is 5.91 Å². The number of rotatable bonds is 5. The lowest BCUT2D eigenvalue weighted by molar-refractivity contribution is 0.0934. The fourth-order valence-corrected chi connectivity index (χ4v) is 1.25. The van der Waals surface area contributed by atoms with E-state index in [1.165, 1.54) is 24.3 Å². The van der Waals surface area contributed by atoms with Crippen LogP contribution in [0.25, 0.3) is 0 Å². The minimum Gasteiger partial charge on any atom is -0.395 e. The lowest BCUT2D eigenvalue weighted by Crippen LogP contribution is -2.30. The molecule has 4 N–H and O–H groups in total. The van der Waals surface area contributed by atoms with Crippen LogP contribution in [0.1, 0.15) is 20.7 Å². The summed E-state index contributed by atoms with van der Waals surface area (Å²) in [4.78, 5) is 24.8. The largest absolute Gasteiger partial charge is 0.395 e. The molecule has 92 valence electrons. The number of nitrogens with one attached hydrogen (secondary N) is 3. The Morgan fingerprint density at radius 2 is 1.65 bits per heavy atom. The molecule has 0 aliphatic rings. The van der Waals surface area contributed by atoms with E-state index in [2.05, 4.69) is 10.7 Å². The first-order valence-corrected chi connectivity index (χ1v) is 5.22. The van der Waals surface area contributed by atoms with Crippen molar-refractivity contribution in [2.45, 2.75) is 0 Å². The highest BCUT2D eigenvalue weighted by Gasteiger charge is 2.07. The number of amides is 2. The summed E-state index contributed by atoms with van der Waals surface area (Å²) in [5, 5.41) is 11.1. The van der Waals surface area contributed by atoms with E-state index in [0.717, 1.165) is 0 Å². The van der Waals surface area contributed by atoms with Crippen LogP contribution in [0, 0.1) is 0 Å². The van der Waals surface area contributed by atoms with Crippen molar-refractivity contribution in [1.29, 1.82) is 0 Å². The Morgan fingerprint density at radius 1 is 1.12 bits per heavy atom. The smallest absolute Gasteiger partial charge is 0.266 e. The fraction of sp³-hybridized carbons (Fsp3) is 0.200. The first kappa shape index (κ1) is 13.4. The Kier molecular flexibility index (Phi) is 5.41. The van der Waals surface area contributed by atoms with Crippen molar-refractivity contribution in [1.82, 2.24) is 15.7 Å². The number of aliphatic hydroxyl groups excluding tert-OH is 1. The Hall–Kier alpha value is -1.63. The van der Waals surface area contributed by atoms with Crippen molar-refractivity contribution in [3.05, 3.63) is 35.4 Å². The SMILES string of the molecule is O=C(NCCO)c1ccc(C(=O)NNCl)cc1. The maximum atomic E-state index is 11.5. The Morgan fingerprint density at radius 3 is 2.12 bits per heavy atom. The summed E-state index contributed by atoms with van der Waals surface area (Å²) in [5.74, 6) is -0.705. The molecule has 2 amide bonds. The van der Waals surface area contributed by atoms with Crippen molar-refractivity contribution >= 4 is 23.6 Å². The van der Waals surface area contributed by atoms with Gasteiger partial charge in [-0.15, -0.1) is 4.94 Å². The first-order valence-electron chi connectivity index (χ1n) is 4.84. The standard InChI is InChI=1S/C10H12ClN3O3/c11-14-13-10(17)8-3-1-7(2-4-8)9(16)12-5-6-15/h1-4,14-15H,5-6H2,(H,12,16)(H,13,17). The van der Waals surface area contributed by atoms with Crippen LogP contribution < -0.4 is 15.7 Å². The number of hydrogen-bond donors (Lipinski definition) is 4. The molecule has 0 aromatic heterocycles. The van der Waals surface area contributed by atoms with Gasteiger partial charge in [0.05, 0.1) is 6.61 Å². The van der Waals surface area contributed by atoms with Crippen molar-refractivity contribution in [3.63, 3.8) is 0 Å². The summed E-state index contributed by atoms with van der Waals surface area (Å²) >= 11 is 5.12. The zero-order valence-corrected chi connectivity index (χ0v) is 9.62. The summed E-state index contributed by atoms with van der Waals surface area (Å²) in [6.07, 6.45) is 0. The Balaban J connectivity index is 2.67. The van der Waals surface area contributed by atoms with Gasteiger partial charge in [-0.05, 0) is 36.0 Å². The summed E-state index contributed by atoms with van der Waals surface area (Å²) < 4.78 is 0. The van der Waals surface area contributed by atoms with Gasteiger partial charge in [0.15, 0.2) is 0 Å². The van der Waals surface area contributed by atoms with Crippen LogP contribution in [0.2, 0.25) is 0 Å². The molecule has 0 saturated carbocycles. The van der Waals surface area contributed by atoms with Crippen LogP contribution in [0.15, 0.2) is 24.3 Å². The number of carbonyl (C=O) groups excluding carboxylic acids is 2. The van der Waals surface area contributed by atoms with Gasteiger partial charge in [-0.25, -0.2) is 0 Å². The number of carbonyl (C=O) groups is 2. The van der Waals surface area contributed by atoms with Crippen molar-refractivity contribution in [2.24, 2.45) is 0 Å². The summed E-state index contributed by atoms with van der Waals surface area (Å²) in [7, 11) is 0. The van der Waals surface area contributed by atoms with E-state index in [1.807, 2.05) is 4.94 Å². The average molecular weight is 258 g/mol. The van der Waals surface area contributed by atoms with Crippen LogP contribution in [0.3, 0.4) is 0 Å². The van der Waals surface area contributed by atoms with Gasteiger partial charge in [0, 0.05) is 17.7 Å². The van der Waals surface area contributed by atoms with Gasteiger partial charge in [-0.3, -0.25) is 15.0 Å². The van der Waals surface area contributed by atoms with E-state index in [9.17, 15) is 9.59 Å². The molecule has 0 aliphatic heterocycles. The van der Waals surface area contributed by atoms with Crippen molar-refractivity contribution < 1.29 is 14.7 Å². The molecule has 0 spiro atoms. The number of benzene rings is 1. The van der Waals surface area contributed by atoms with Crippen molar-refractivity contribution in [3.8, 4) is 0 Å². The number of halogens is 1. The van der Waals surface area contributed by atoms with Crippen LogP contribution in [0.5, 0.6) is 0 Å². The molecule has 1 aromatic rings. The second kappa shape index (κ2) is 6.85. The van der Waals surface area contributed by atoms with E-state index in [4.69, 9.17) is 16.9 Å². The summed E-state index contributed by atoms with van der Waals surface area (Å²) in [6.45, 7) is 0.0743. The summed E-state index contributed by atoms with van der Waals surface area (Å²) in [6, 6.07) is 6.01. The van der Waals surface area contributed by atoms with Gasteiger partial charge in [-0.2, -0.15) is 0 Å². The second-order valence-electron chi connectivity index (χ2n) is 3.11. The van der Waals surface area contributed by atoms with E-state index in [0.29, 0.717) is 11.1 Å². The van der Waals surface area contributed by atoms with E-state index in [-0.39, 0.29) is 19.1 Å². The molecule has 0 atom stereocenters. The van der Waals surface area contributed by atoms with E-state index in [1.54, 1.807) is 0 Å². The van der Waals surface area contributed by atoms with Crippen LogP contribution >= 0.6 is 11.8 Å². The second-order valence-corrected chi connectivity index (χ2v) is 3.29. The molecular formula is C10H12ClN3O3. The maximum absolute atomic E-state index is 11.5.